The highest BCUT2D eigenvalue weighted by molar-refractivity contribution is 7.92. The maximum absolute atomic E-state index is 12.2. The zero-order valence-corrected chi connectivity index (χ0v) is 11.1. The molecule has 0 bridgehead atoms. The van der Waals surface area contributed by atoms with E-state index in [9.17, 15) is 8.42 Å². The predicted molar refractivity (Wildman–Crippen MR) is 65.8 cm³/mol. The molecule has 0 spiro atoms. The molecule has 2 aromatic rings. The van der Waals surface area contributed by atoms with Gasteiger partial charge < -0.3 is 4.52 Å². The molecule has 2 aromatic heterocycles. The lowest BCUT2D eigenvalue weighted by molar-refractivity contribution is 0.390. The summed E-state index contributed by atoms with van der Waals surface area (Å²) in [5.41, 5.74) is 1.55. The molecule has 2 rings (SSSR count). The highest BCUT2D eigenvalue weighted by atomic mass is 32.2. The number of hydrogen-bond acceptors (Lipinski definition) is 5. The monoisotopic (exact) mass is 267 g/mol. The molecule has 0 atom stereocenters. The summed E-state index contributed by atoms with van der Waals surface area (Å²) in [7, 11) is -3.69. The van der Waals surface area contributed by atoms with Gasteiger partial charge in [-0.1, -0.05) is 5.16 Å². The van der Waals surface area contributed by atoms with E-state index >= 15 is 0 Å². The lowest BCUT2D eigenvalue weighted by Crippen LogP contribution is -2.14. The van der Waals surface area contributed by atoms with Gasteiger partial charge in [-0.15, -0.1) is 0 Å². The van der Waals surface area contributed by atoms with Gasteiger partial charge in [0.15, 0.2) is 10.7 Å². The van der Waals surface area contributed by atoms with E-state index < -0.39 is 10.0 Å². The van der Waals surface area contributed by atoms with Gasteiger partial charge in [0.25, 0.3) is 10.0 Å². The SMILES string of the molecule is Cc1ccc(NS(=O)(=O)c2c(C)noc2C)cn1. The Balaban J connectivity index is 2.36. The van der Waals surface area contributed by atoms with Crippen LogP contribution in [0.3, 0.4) is 0 Å². The van der Waals surface area contributed by atoms with Gasteiger partial charge in [0, 0.05) is 5.69 Å². The molecule has 0 saturated heterocycles. The van der Waals surface area contributed by atoms with Crippen LogP contribution in [0.25, 0.3) is 0 Å². The summed E-state index contributed by atoms with van der Waals surface area (Å²) in [6.07, 6.45) is 1.46. The molecule has 96 valence electrons. The molecule has 0 radical (unpaired) electrons. The maximum Gasteiger partial charge on any atom is 0.267 e. The molecule has 0 unspecified atom stereocenters. The second-order valence-corrected chi connectivity index (χ2v) is 5.57. The van der Waals surface area contributed by atoms with Crippen molar-refractivity contribution in [2.24, 2.45) is 0 Å². The van der Waals surface area contributed by atoms with Crippen LogP contribution in [0.1, 0.15) is 17.1 Å². The second-order valence-electron chi connectivity index (χ2n) is 3.95. The van der Waals surface area contributed by atoms with E-state index in [4.69, 9.17) is 4.52 Å². The van der Waals surface area contributed by atoms with Crippen molar-refractivity contribution in [1.29, 1.82) is 0 Å². The van der Waals surface area contributed by atoms with Gasteiger partial charge in [-0.3, -0.25) is 9.71 Å². The Morgan fingerprint density at radius 2 is 1.94 bits per heavy atom. The quantitative estimate of drug-likeness (QED) is 0.916. The van der Waals surface area contributed by atoms with E-state index in [-0.39, 0.29) is 10.7 Å². The van der Waals surface area contributed by atoms with Crippen molar-refractivity contribution in [2.75, 3.05) is 4.72 Å². The molecule has 0 saturated carbocycles. The summed E-state index contributed by atoms with van der Waals surface area (Å²) >= 11 is 0. The van der Waals surface area contributed by atoms with E-state index in [1.165, 1.54) is 6.20 Å². The third-order valence-corrected chi connectivity index (χ3v) is 4.02. The summed E-state index contributed by atoms with van der Waals surface area (Å²) in [5.74, 6) is 0.264. The predicted octanol–water partition coefficient (Wildman–Crippen LogP) is 1.80. The summed E-state index contributed by atoms with van der Waals surface area (Å²) in [5, 5.41) is 3.63. The first-order valence-corrected chi connectivity index (χ1v) is 6.77. The van der Waals surface area contributed by atoms with Crippen molar-refractivity contribution >= 4 is 15.7 Å². The highest BCUT2D eigenvalue weighted by Crippen LogP contribution is 2.21. The minimum atomic E-state index is -3.69. The number of aryl methyl sites for hydroxylation is 3. The molecule has 18 heavy (non-hydrogen) atoms. The summed E-state index contributed by atoms with van der Waals surface area (Å²) in [6.45, 7) is 4.97. The van der Waals surface area contributed by atoms with Gasteiger partial charge in [0.2, 0.25) is 0 Å². The van der Waals surface area contributed by atoms with Crippen molar-refractivity contribution < 1.29 is 12.9 Å². The zero-order valence-electron chi connectivity index (χ0n) is 10.3. The van der Waals surface area contributed by atoms with Gasteiger partial charge >= 0.3 is 0 Å². The van der Waals surface area contributed by atoms with Crippen molar-refractivity contribution in [1.82, 2.24) is 10.1 Å². The average Bonchev–Trinajstić information content (AvgIpc) is 2.62. The van der Waals surface area contributed by atoms with E-state index in [0.29, 0.717) is 11.4 Å². The van der Waals surface area contributed by atoms with Crippen LogP contribution in [0.2, 0.25) is 0 Å². The first-order chi connectivity index (χ1) is 8.40. The van der Waals surface area contributed by atoms with Crippen molar-refractivity contribution in [3.8, 4) is 0 Å². The standard InChI is InChI=1S/C11H13N3O3S/c1-7-4-5-10(6-12-7)14-18(15,16)11-8(2)13-17-9(11)3/h4-6,14H,1-3H3. The molecule has 0 fully saturated rings. The molecule has 0 aliphatic heterocycles. The maximum atomic E-state index is 12.2. The first-order valence-electron chi connectivity index (χ1n) is 5.28. The van der Waals surface area contributed by atoms with Crippen LogP contribution in [0, 0.1) is 20.8 Å². The van der Waals surface area contributed by atoms with Gasteiger partial charge in [-0.05, 0) is 32.9 Å². The van der Waals surface area contributed by atoms with Crippen LogP contribution in [0.5, 0.6) is 0 Å². The number of aromatic nitrogens is 2. The van der Waals surface area contributed by atoms with Crippen LogP contribution in [0.4, 0.5) is 5.69 Å². The number of sulfonamides is 1. The molecule has 1 N–H and O–H groups in total. The Kier molecular flexibility index (Phi) is 3.08. The Bertz CT molecular complexity index is 640. The topological polar surface area (TPSA) is 85.1 Å². The van der Waals surface area contributed by atoms with E-state index in [2.05, 4.69) is 14.9 Å². The zero-order chi connectivity index (χ0) is 13.3. The van der Waals surface area contributed by atoms with E-state index in [0.717, 1.165) is 5.69 Å². The Hall–Kier alpha value is -1.89. The fourth-order valence-electron chi connectivity index (χ4n) is 1.59. The van der Waals surface area contributed by atoms with Gasteiger partial charge in [0.05, 0.1) is 11.9 Å². The molecule has 0 amide bonds. The average molecular weight is 267 g/mol. The van der Waals surface area contributed by atoms with E-state index in [1.54, 1.807) is 26.0 Å². The smallest absolute Gasteiger partial charge is 0.267 e. The van der Waals surface area contributed by atoms with Crippen LogP contribution in [-0.4, -0.2) is 18.6 Å². The minimum absolute atomic E-state index is 0.0723. The largest absolute Gasteiger partial charge is 0.360 e. The number of pyridine rings is 1. The van der Waals surface area contributed by atoms with Gasteiger partial charge in [-0.2, -0.15) is 0 Å². The van der Waals surface area contributed by atoms with Crippen LogP contribution in [-0.2, 0) is 10.0 Å². The molecule has 0 aliphatic rings. The number of hydrogen-bond donors (Lipinski definition) is 1. The Morgan fingerprint density at radius 3 is 2.44 bits per heavy atom. The number of rotatable bonds is 3. The van der Waals surface area contributed by atoms with Crippen LogP contribution < -0.4 is 4.72 Å². The second kappa shape index (κ2) is 4.41. The van der Waals surface area contributed by atoms with Gasteiger partial charge in [0.1, 0.15) is 5.69 Å². The van der Waals surface area contributed by atoms with Crippen molar-refractivity contribution in [3.05, 3.63) is 35.5 Å². The molecule has 7 heteroatoms. The van der Waals surface area contributed by atoms with Gasteiger partial charge in [-0.25, -0.2) is 8.42 Å². The molecule has 2 heterocycles. The fraction of sp³-hybridized carbons (Fsp3) is 0.273. The van der Waals surface area contributed by atoms with Crippen LogP contribution in [0.15, 0.2) is 27.7 Å². The van der Waals surface area contributed by atoms with E-state index in [1.807, 2.05) is 6.92 Å². The van der Waals surface area contributed by atoms with Crippen molar-refractivity contribution in [3.63, 3.8) is 0 Å². The normalized spacial score (nSPS) is 11.5. The third kappa shape index (κ3) is 2.35. The molecule has 6 nitrogen and oxygen atoms in total. The summed E-state index contributed by atoms with van der Waals surface area (Å²) in [6, 6.07) is 3.38. The summed E-state index contributed by atoms with van der Waals surface area (Å²) in [4.78, 5) is 4.10. The van der Waals surface area contributed by atoms with Crippen molar-refractivity contribution in [2.45, 2.75) is 25.7 Å². The summed E-state index contributed by atoms with van der Waals surface area (Å²) < 4.78 is 31.6. The molecular formula is C11H13N3O3S. The lowest BCUT2D eigenvalue weighted by Gasteiger charge is -2.07. The molecule has 0 aliphatic carbocycles. The highest BCUT2D eigenvalue weighted by Gasteiger charge is 2.24. The number of nitrogens with zero attached hydrogens (tertiary/aromatic N) is 2. The first kappa shape index (κ1) is 12.6. The van der Waals surface area contributed by atoms with Crippen LogP contribution >= 0.6 is 0 Å². The Labute approximate surface area is 105 Å². The third-order valence-electron chi connectivity index (χ3n) is 2.40. The molecule has 0 aromatic carbocycles. The fourth-order valence-corrected chi connectivity index (χ4v) is 2.97. The lowest BCUT2D eigenvalue weighted by atomic mass is 10.4. The minimum Gasteiger partial charge on any atom is -0.360 e. The molecular weight excluding hydrogens is 254 g/mol. The Morgan fingerprint density at radius 1 is 1.22 bits per heavy atom. The number of nitrogens with one attached hydrogen (secondary N) is 1. The number of anilines is 1.